The van der Waals surface area contributed by atoms with Crippen molar-refractivity contribution < 1.29 is 13.9 Å². The van der Waals surface area contributed by atoms with E-state index < -0.39 is 0 Å². The number of anilines is 2. The van der Waals surface area contributed by atoms with Crippen LogP contribution in [0.15, 0.2) is 34.7 Å². The minimum atomic E-state index is -0.334. The lowest BCUT2D eigenvalue weighted by atomic mass is 10.1. The van der Waals surface area contributed by atoms with Crippen LogP contribution in [0.2, 0.25) is 0 Å². The van der Waals surface area contributed by atoms with Gasteiger partial charge in [0.2, 0.25) is 0 Å². The van der Waals surface area contributed by atoms with Gasteiger partial charge >= 0.3 is 5.88 Å². The van der Waals surface area contributed by atoms with Gasteiger partial charge in [-0.15, -0.1) is 0 Å². The molecule has 7 heteroatoms. The Morgan fingerprint density at radius 3 is 2.59 bits per heavy atom. The average Bonchev–Trinajstić information content (AvgIpc) is 3.26. The molecule has 152 valence electrons. The zero-order valence-corrected chi connectivity index (χ0v) is 16.5. The largest absolute Gasteiger partial charge is 0.475 e. The summed E-state index contributed by atoms with van der Waals surface area (Å²) in [4.78, 5) is 20.6. The Hall–Kier alpha value is -2.82. The Kier molecular flexibility index (Phi) is 6.13. The maximum absolute atomic E-state index is 12.6. The summed E-state index contributed by atoms with van der Waals surface area (Å²) in [5, 5.41) is 2.98. The molecule has 0 spiro atoms. The fourth-order valence-electron chi connectivity index (χ4n) is 3.89. The molecule has 2 aliphatic heterocycles. The van der Waals surface area contributed by atoms with Crippen LogP contribution < -0.4 is 10.2 Å². The minimum absolute atomic E-state index is 0.118. The molecule has 7 nitrogen and oxygen atoms in total. The second-order valence-corrected chi connectivity index (χ2v) is 7.49. The molecule has 29 heavy (non-hydrogen) atoms. The number of hydrogen-bond acceptors (Lipinski definition) is 5. The van der Waals surface area contributed by atoms with Gasteiger partial charge in [-0.1, -0.05) is 6.07 Å². The Labute approximate surface area is 171 Å². The number of nitrogens with one attached hydrogen (secondary N) is 1. The first-order valence-electron chi connectivity index (χ1n) is 10.2. The summed E-state index contributed by atoms with van der Waals surface area (Å²) in [6.07, 6.45) is 3.57. The Morgan fingerprint density at radius 2 is 1.86 bits per heavy atom. The molecule has 3 heterocycles. The molecular formula is C22H26N4O3. The maximum Gasteiger partial charge on any atom is 0.346 e. The molecule has 0 bridgehead atoms. The highest BCUT2D eigenvalue weighted by Crippen LogP contribution is 2.31. The first kappa shape index (κ1) is 19.5. The van der Waals surface area contributed by atoms with Crippen molar-refractivity contribution >= 4 is 23.2 Å². The second-order valence-electron chi connectivity index (χ2n) is 7.49. The van der Waals surface area contributed by atoms with Crippen molar-refractivity contribution in [2.45, 2.75) is 25.8 Å². The van der Waals surface area contributed by atoms with Crippen LogP contribution in [0.4, 0.5) is 17.3 Å². The molecule has 2 aromatic rings. The van der Waals surface area contributed by atoms with Crippen molar-refractivity contribution in [2.24, 2.45) is 0 Å². The summed E-state index contributed by atoms with van der Waals surface area (Å²) < 4.78 is 10.7. The van der Waals surface area contributed by atoms with E-state index in [-0.39, 0.29) is 17.6 Å². The molecule has 2 aliphatic rings. The molecule has 2 saturated heterocycles. The molecule has 2 fully saturated rings. The third-order valence-electron chi connectivity index (χ3n) is 5.44. The van der Waals surface area contributed by atoms with Crippen LogP contribution in [-0.4, -0.2) is 50.2 Å². The third-order valence-corrected chi connectivity index (χ3v) is 5.44. The van der Waals surface area contributed by atoms with E-state index in [1.54, 1.807) is 0 Å². The zero-order chi connectivity index (χ0) is 20.1. The SMILES string of the molecule is [C-]#[N+]c1ccc(C(=O)Nc2ccc(CN3CCOCC3)cc2N2CCCCC2)o1. The topological polar surface area (TPSA) is 62.3 Å². The van der Waals surface area contributed by atoms with E-state index in [0.717, 1.165) is 70.2 Å². The molecule has 1 N–H and O–H groups in total. The lowest BCUT2D eigenvalue weighted by Crippen LogP contribution is -2.35. The summed E-state index contributed by atoms with van der Waals surface area (Å²) in [6.45, 7) is 13.3. The summed E-state index contributed by atoms with van der Waals surface area (Å²) in [5.74, 6) is -0.0654. The quantitative estimate of drug-likeness (QED) is 0.779. The summed E-state index contributed by atoms with van der Waals surface area (Å²) in [7, 11) is 0. The second kappa shape index (κ2) is 9.12. The smallest absolute Gasteiger partial charge is 0.346 e. The number of ether oxygens (including phenoxy) is 1. The minimum Gasteiger partial charge on any atom is -0.475 e. The van der Waals surface area contributed by atoms with Crippen LogP contribution >= 0.6 is 0 Å². The maximum atomic E-state index is 12.6. The molecule has 1 aromatic heterocycles. The number of nitrogens with zero attached hydrogens (tertiary/aromatic N) is 3. The van der Waals surface area contributed by atoms with Crippen molar-refractivity contribution in [3.8, 4) is 0 Å². The van der Waals surface area contributed by atoms with Crippen molar-refractivity contribution in [3.05, 3.63) is 53.1 Å². The lowest BCUT2D eigenvalue weighted by molar-refractivity contribution is 0.0342. The standard InChI is InChI=1S/C22H26N4O3/c1-23-21-8-7-20(29-21)22(27)24-18-6-5-17(16-25-11-13-28-14-12-25)15-19(18)26-9-3-2-4-10-26/h5-8,15H,2-4,9-14,16H2,(H,24,27). The van der Waals surface area contributed by atoms with Gasteiger partial charge in [0, 0.05) is 32.7 Å². The van der Waals surface area contributed by atoms with Crippen LogP contribution in [-0.2, 0) is 11.3 Å². The van der Waals surface area contributed by atoms with Gasteiger partial charge in [0.25, 0.3) is 5.91 Å². The molecule has 4 rings (SSSR count). The molecule has 0 aliphatic carbocycles. The Bertz CT molecular complexity index is 890. The number of piperidine rings is 1. The van der Waals surface area contributed by atoms with Gasteiger partial charge in [-0.25, -0.2) is 0 Å². The fraction of sp³-hybridized carbons (Fsp3) is 0.455. The highest BCUT2D eigenvalue weighted by molar-refractivity contribution is 6.04. The van der Waals surface area contributed by atoms with E-state index in [2.05, 4.69) is 32.1 Å². The number of morpholine rings is 1. The number of benzene rings is 1. The van der Waals surface area contributed by atoms with Crippen LogP contribution in [0.1, 0.15) is 35.4 Å². The summed E-state index contributed by atoms with van der Waals surface area (Å²) in [5.41, 5.74) is 3.07. The van der Waals surface area contributed by atoms with Crippen LogP contribution in [0.25, 0.3) is 4.85 Å². The normalized spacial score (nSPS) is 17.7. The van der Waals surface area contributed by atoms with Crippen molar-refractivity contribution in [1.29, 1.82) is 0 Å². The van der Waals surface area contributed by atoms with E-state index >= 15 is 0 Å². The number of amides is 1. The zero-order valence-electron chi connectivity index (χ0n) is 16.5. The number of carbonyl (C=O) groups excluding carboxylic acids is 1. The lowest BCUT2D eigenvalue weighted by Gasteiger charge is -2.32. The fourth-order valence-corrected chi connectivity index (χ4v) is 3.89. The van der Waals surface area contributed by atoms with Gasteiger partial charge < -0.3 is 19.4 Å². The van der Waals surface area contributed by atoms with Gasteiger partial charge in [-0.2, -0.15) is 4.85 Å². The van der Waals surface area contributed by atoms with Gasteiger partial charge in [0.15, 0.2) is 5.76 Å². The van der Waals surface area contributed by atoms with Crippen molar-refractivity contribution in [2.75, 3.05) is 49.6 Å². The van der Waals surface area contributed by atoms with Crippen LogP contribution in [0, 0.1) is 6.57 Å². The van der Waals surface area contributed by atoms with Gasteiger partial charge in [0.05, 0.1) is 31.2 Å². The van der Waals surface area contributed by atoms with Gasteiger partial charge in [-0.3, -0.25) is 9.69 Å². The monoisotopic (exact) mass is 394 g/mol. The van der Waals surface area contributed by atoms with Gasteiger partial charge in [0.1, 0.15) is 0 Å². The van der Waals surface area contributed by atoms with Gasteiger partial charge in [-0.05, 0) is 49.1 Å². The molecule has 1 amide bonds. The Balaban J connectivity index is 1.55. The van der Waals surface area contributed by atoms with Crippen LogP contribution in [0.3, 0.4) is 0 Å². The highest BCUT2D eigenvalue weighted by atomic mass is 16.5. The van der Waals surface area contributed by atoms with Crippen molar-refractivity contribution in [3.63, 3.8) is 0 Å². The number of carbonyl (C=O) groups is 1. The van der Waals surface area contributed by atoms with E-state index in [0.29, 0.717) is 0 Å². The summed E-state index contributed by atoms with van der Waals surface area (Å²) >= 11 is 0. The average molecular weight is 394 g/mol. The molecule has 0 saturated carbocycles. The predicted molar refractivity (Wildman–Crippen MR) is 112 cm³/mol. The predicted octanol–water partition coefficient (Wildman–Crippen LogP) is 3.91. The van der Waals surface area contributed by atoms with Crippen LogP contribution in [0.5, 0.6) is 0 Å². The molecule has 0 unspecified atom stereocenters. The molecular weight excluding hydrogens is 368 g/mol. The molecule has 0 atom stereocenters. The number of rotatable bonds is 5. The third kappa shape index (κ3) is 4.78. The summed E-state index contributed by atoms with van der Waals surface area (Å²) in [6, 6.07) is 9.31. The molecule has 0 radical (unpaired) electrons. The van der Waals surface area contributed by atoms with E-state index in [1.165, 1.54) is 24.1 Å². The first-order chi connectivity index (χ1) is 14.2. The highest BCUT2D eigenvalue weighted by Gasteiger charge is 2.19. The molecule has 1 aromatic carbocycles. The number of furan rings is 1. The van der Waals surface area contributed by atoms with E-state index in [4.69, 9.17) is 15.7 Å². The number of hydrogen-bond donors (Lipinski definition) is 1. The van der Waals surface area contributed by atoms with Crippen molar-refractivity contribution in [1.82, 2.24) is 4.90 Å². The Morgan fingerprint density at radius 1 is 1.07 bits per heavy atom. The first-order valence-corrected chi connectivity index (χ1v) is 10.2. The van der Waals surface area contributed by atoms with E-state index in [9.17, 15) is 4.79 Å². The van der Waals surface area contributed by atoms with E-state index in [1.807, 2.05) is 6.07 Å².